The number of hydrogen-bond donors (Lipinski definition) is 2. The number of aromatic nitrogens is 1. The fraction of sp³-hybridized carbons (Fsp3) is 0.105. The van der Waals surface area contributed by atoms with E-state index in [9.17, 15) is 8.42 Å². The zero-order chi connectivity index (χ0) is 18.6. The van der Waals surface area contributed by atoms with Gasteiger partial charge in [0.05, 0.1) is 16.8 Å². The molecule has 7 heteroatoms. The lowest BCUT2D eigenvalue weighted by atomic mass is 10.1. The summed E-state index contributed by atoms with van der Waals surface area (Å²) in [6.07, 6.45) is 1.59. The van der Waals surface area contributed by atoms with Crippen LogP contribution in [-0.2, 0) is 10.0 Å². The summed E-state index contributed by atoms with van der Waals surface area (Å²) < 4.78 is 27.2. The molecular formula is C19H18ClN3O2S. The summed E-state index contributed by atoms with van der Waals surface area (Å²) in [5.41, 5.74) is 1.95. The molecule has 0 saturated carbocycles. The van der Waals surface area contributed by atoms with Crippen molar-refractivity contribution in [2.75, 3.05) is 10.0 Å². The molecule has 3 aromatic rings. The largest absolute Gasteiger partial charge is 0.377 e. The molecule has 1 heterocycles. The van der Waals surface area contributed by atoms with Crippen LogP contribution in [0.3, 0.4) is 0 Å². The van der Waals surface area contributed by atoms with Gasteiger partial charge >= 0.3 is 0 Å². The molecule has 0 spiro atoms. The molecule has 5 nitrogen and oxygen atoms in total. The molecule has 2 aromatic carbocycles. The van der Waals surface area contributed by atoms with E-state index < -0.39 is 10.0 Å². The third kappa shape index (κ3) is 4.53. The van der Waals surface area contributed by atoms with Crippen molar-refractivity contribution < 1.29 is 8.42 Å². The van der Waals surface area contributed by atoms with Gasteiger partial charge in [-0.1, -0.05) is 48.0 Å². The van der Waals surface area contributed by atoms with Crippen LogP contribution < -0.4 is 10.0 Å². The molecule has 0 amide bonds. The highest BCUT2D eigenvalue weighted by atomic mass is 35.5. The lowest BCUT2D eigenvalue weighted by Crippen LogP contribution is -2.14. The standard InChI is InChI=1S/C19H18ClN3O2S/c1-14(15-6-3-2-4-7-15)22-17-10-11-19(21-13-17)23-26(24,25)18-9-5-8-16(20)12-18/h2-14,22H,1H3,(H,21,23). The van der Waals surface area contributed by atoms with E-state index in [4.69, 9.17) is 11.6 Å². The third-order valence-corrected chi connectivity index (χ3v) is 5.38. The Morgan fingerprint density at radius 2 is 1.77 bits per heavy atom. The summed E-state index contributed by atoms with van der Waals surface area (Å²) in [6, 6.07) is 19.6. The number of benzene rings is 2. The third-order valence-electron chi connectivity index (χ3n) is 3.79. The maximum atomic E-state index is 12.4. The van der Waals surface area contributed by atoms with Gasteiger partial charge in [-0.2, -0.15) is 0 Å². The highest BCUT2D eigenvalue weighted by Gasteiger charge is 2.15. The lowest BCUT2D eigenvalue weighted by Gasteiger charge is -2.15. The molecule has 2 N–H and O–H groups in total. The number of rotatable bonds is 6. The minimum absolute atomic E-state index is 0.0895. The summed E-state index contributed by atoms with van der Waals surface area (Å²) in [5, 5.41) is 3.69. The molecule has 0 aliphatic carbocycles. The fourth-order valence-corrected chi connectivity index (χ4v) is 3.75. The van der Waals surface area contributed by atoms with Crippen LogP contribution in [0.1, 0.15) is 18.5 Å². The van der Waals surface area contributed by atoms with Crippen LogP contribution in [0.2, 0.25) is 5.02 Å². The fourth-order valence-electron chi connectivity index (χ4n) is 2.45. The summed E-state index contributed by atoms with van der Waals surface area (Å²) in [4.78, 5) is 4.26. The Hall–Kier alpha value is -2.57. The molecule has 1 unspecified atom stereocenters. The molecule has 0 fully saturated rings. The van der Waals surface area contributed by atoms with Crippen LogP contribution >= 0.6 is 11.6 Å². The molecule has 1 atom stereocenters. The van der Waals surface area contributed by atoms with Crippen LogP contribution in [0.15, 0.2) is 77.8 Å². The number of anilines is 2. The number of nitrogens with one attached hydrogen (secondary N) is 2. The van der Waals surface area contributed by atoms with E-state index in [-0.39, 0.29) is 16.8 Å². The summed E-state index contributed by atoms with van der Waals surface area (Å²) in [5.74, 6) is 0.239. The summed E-state index contributed by atoms with van der Waals surface area (Å²) in [6.45, 7) is 2.05. The summed E-state index contributed by atoms with van der Waals surface area (Å²) in [7, 11) is -3.73. The number of nitrogens with zero attached hydrogens (tertiary/aromatic N) is 1. The first-order valence-corrected chi connectivity index (χ1v) is 9.86. The van der Waals surface area contributed by atoms with Crippen molar-refractivity contribution in [3.63, 3.8) is 0 Å². The molecule has 0 radical (unpaired) electrons. The molecule has 3 rings (SSSR count). The lowest BCUT2D eigenvalue weighted by molar-refractivity contribution is 0.601. The average Bonchev–Trinajstić information content (AvgIpc) is 2.64. The van der Waals surface area contributed by atoms with Crippen LogP contribution in [0.4, 0.5) is 11.5 Å². The summed E-state index contributed by atoms with van der Waals surface area (Å²) >= 11 is 5.86. The molecule has 26 heavy (non-hydrogen) atoms. The predicted octanol–water partition coefficient (Wildman–Crippen LogP) is 4.71. The second-order valence-corrected chi connectivity index (χ2v) is 7.89. The van der Waals surface area contributed by atoms with Crippen molar-refractivity contribution in [1.82, 2.24) is 4.98 Å². The van der Waals surface area contributed by atoms with Gasteiger partial charge in [-0.25, -0.2) is 13.4 Å². The molecule has 0 bridgehead atoms. The first-order chi connectivity index (χ1) is 12.4. The Kier molecular flexibility index (Phi) is 5.44. The van der Waals surface area contributed by atoms with E-state index in [1.165, 1.54) is 12.1 Å². The quantitative estimate of drug-likeness (QED) is 0.642. The molecule has 0 saturated heterocycles. The SMILES string of the molecule is CC(Nc1ccc(NS(=O)(=O)c2cccc(Cl)c2)nc1)c1ccccc1. The average molecular weight is 388 g/mol. The first kappa shape index (κ1) is 18.2. The Morgan fingerprint density at radius 1 is 1.00 bits per heavy atom. The van der Waals surface area contributed by atoms with Gasteiger partial charge < -0.3 is 5.32 Å². The first-order valence-electron chi connectivity index (χ1n) is 8.00. The predicted molar refractivity (Wildman–Crippen MR) is 105 cm³/mol. The van der Waals surface area contributed by atoms with E-state index in [1.54, 1.807) is 30.5 Å². The van der Waals surface area contributed by atoms with Gasteiger partial charge in [-0.3, -0.25) is 4.72 Å². The van der Waals surface area contributed by atoms with Crippen molar-refractivity contribution in [2.45, 2.75) is 17.9 Å². The van der Waals surface area contributed by atoms with Gasteiger partial charge in [-0.05, 0) is 42.8 Å². The zero-order valence-corrected chi connectivity index (χ0v) is 15.6. The van der Waals surface area contributed by atoms with Crippen molar-refractivity contribution in [3.05, 3.63) is 83.5 Å². The Bertz CT molecular complexity index is 977. The van der Waals surface area contributed by atoms with Gasteiger partial charge in [0, 0.05) is 11.1 Å². The van der Waals surface area contributed by atoms with Crippen molar-refractivity contribution in [2.24, 2.45) is 0 Å². The van der Waals surface area contributed by atoms with E-state index in [2.05, 4.69) is 15.0 Å². The molecule has 1 aromatic heterocycles. The maximum Gasteiger partial charge on any atom is 0.263 e. The van der Waals surface area contributed by atoms with Crippen LogP contribution in [-0.4, -0.2) is 13.4 Å². The molecule has 0 aliphatic heterocycles. The van der Waals surface area contributed by atoms with Crippen LogP contribution in [0, 0.1) is 0 Å². The molecular weight excluding hydrogens is 370 g/mol. The normalized spacial score (nSPS) is 12.4. The molecule has 0 aliphatic rings. The van der Waals surface area contributed by atoms with Gasteiger partial charge in [0.25, 0.3) is 10.0 Å². The van der Waals surface area contributed by atoms with Crippen LogP contribution in [0.25, 0.3) is 0 Å². The van der Waals surface area contributed by atoms with E-state index in [0.717, 1.165) is 11.3 Å². The monoisotopic (exact) mass is 387 g/mol. The number of hydrogen-bond acceptors (Lipinski definition) is 4. The number of halogens is 1. The van der Waals surface area contributed by atoms with Gasteiger partial charge in [-0.15, -0.1) is 0 Å². The van der Waals surface area contributed by atoms with Crippen LogP contribution in [0.5, 0.6) is 0 Å². The van der Waals surface area contributed by atoms with Crippen molar-refractivity contribution in [3.8, 4) is 0 Å². The highest BCUT2D eigenvalue weighted by Crippen LogP contribution is 2.21. The second kappa shape index (κ2) is 7.76. The van der Waals surface area contributed by atoms with Gasteiger partial charge in [0.1, 0.15) is 5.82 Å². The van der Waals surface area contributed by atoms with Crippen molar-refractivity contribution in [1.29, 1.82) is 0 Å². The highest BCUT2D eigenvalue weighted by molar-refractivity contribution is 7.92. The van der Waals surface area contributed by atoms with Gasteiger partial charge in [0.15, 0.2) is 0 Å². The van der Waals surface area contributed by atoms with E-state index in [0.29, 0.717) is 5.02 Å². The minimum Gasteiger partial charge on any atom is -0.377 e. The van der Waals surface area contributed by atoms with E-state index >= 15 is 0 Å². The topological polar surface area (TPSA) is 71.1 Å². The Balaban J connectivity index is 1.70. The Labute approximate surface area is 158 Å². The number of pyridine rings is 1. The smallest absolute Gasteiger partial charge is 0.263 e. The maximum absolute atomic E-state index is 12.4. The van der Waals surface area contributed by atoms with Crippen molar-refractivity contribution >= 4 is 33.1 Å². The number of sulfonamides is 1. The Morgan fingerprint density at radius 3 is 2.42 bits per heavy atom. The second-order valence-electron chi connectivity index (χ2n) is 5.77. The minimum atomic E-state index is -3.73. The molecule has 134 valence electrons. The zero-order valence-electron chi connectivity index (χ0n) is 14.1. The van der Waals surface area contributed by atoms with Gasteiger partial charge in [0.2, 0.25) is 0 Å². The van der Waals surface area contributed by atoms with E-state index in [1.807, 2.05) is 37.3 Å².